The second kappa shape index (κ2) is 7.63. The molecule has 0 unspecified atom stereocenters. The molecule has 0 radical (unpaired) electrons. The largest absolute Gasteiger partial charge is 0.493 e. The van der Waals surface area contributed by atoms with E-state index in [1.807, 2.05) is 0 Å². The number of para-hydroxylation sites is 2. The maximum Gasteiger partial charge on any atom is 0.254 e. The van der Waals surface area contributed by atoms with Crippen molar-refractivity contribution in [2.24, 2.45) is 0 Å². The van der Waals surface area contributed by atoms with Gasteiger partial charge in [0.2, 0.25) is 0 Å². The third-order valence-corrected chi connectivity index (χ3v) is 7.48. The molecule has 2 aliphatic heterocycles. The number of hydrogen-bond acceptors (Lipinski definition) is 2. The van der Waals surface area contributed by atoms with Crippen molar-refractivity contribution in [1.82, 2.24) is 4.57 Å². The highest BCUT2D eigenvalue weighted by Crippen LogP contribution is 2.41. The van der Waals surface area contributed by atoms with Crippen molar-refractivity contribution in [3.8, 4) is 11.5 Å². The Balaban J connectivity index is 1.35. The summed E-state index contributed by atoms with van der Waals surface area (Å²) in [4.78, 5) is 0. The molecular weight excluding hydrogens is 420 g/mol. The first-order valence-corrected chi connectivity index (χ1v) is 12.1. The van der Waals surface area contributed by atoms with Gasteiger partial charge in [0.05, 0.1) is 13.2 Å². The molecule has 4 aromatic carbocycles. The standard InChI is InChI=1S/C30H27N2O2/c1-20-31(18-21-10-11-22-6-2-3-7-23(22)16-21)27-8-4-5-9-28(27)32(20)19-26-25-13-15-33-29(25)17-24-12-14-34-30(24)26/h2-11,16-17H,12-15,18-19H2,1H3/q+1. The van der Waals surface area contributed by atoms with Crippen LogP contribution in [0.15, 0.2) is 72.8 Å². The van der Waals surface area contributed by atoms with E-state index in [4.69, 9.17) is 9.47 Å². The van der Waals surface area contributed by atoms with Gasteiger partial charge in [0, 0.05) is 36.5 Å². The highest BCUT2D eigenvalue weighted by atomic mass is 16.5. The molecule has 5 aromatic rings. The summed E-state index contributed by atoms with van der Waals surface area (Å²) in [5, 5.41) is 2.57. The van der Waals surface area contributed by atoms with Crippen LogP contribution >= 0.6 is 0 Å². The molecule has 34 heavy (non-hydrogen) atoms. The molecule has 1 aromatic heterocycles. The van der Waals surface area contributed by atoms with E-state index in [2.05, 4.69) is 88.9 Å². The van der Waals surface area contributed by atoms with E-state index < -0.39 is 0 Å². The van der Waals surface area contributed by atoms with Crippen LogP contribution < -0.4 is 14.0 Å². The first kappa shape index (κ1) is 19.7. The Kier molecular flexibility index (Phi) is 4.41. The molecule has 0 saturated carbocycles. The minimum atomic E-state index is 0.762. The topological polar surface area (TPSA) is 27.3 Å². The number of benzene rings is 4. The lowest BCUT2D eigenvalue weighted by molar-refractivity contribution is -0.669. The molecule has 0 spiro atoms. The van der Waals surface area contributed by atoms with E-state index in [0.717, 1.165) is 50.6 Å². The molecular formula is C30H27N2O2+. The van der Waals surface area contributed by atoms with E-state index in [-0.39, 0.29) is 0 Å². The minimum Gasteiger partial charge on any atom is -0.493 e. The molecule has 0 saturated heterocycles. The first-order valence-electron chi connectivity index (χ1n) is 12.1. The predicted octanol–water partition coefficient (Wildman–Crippen LogP) is 5.36. The van der Waals surface area contributed by atoms with Crippen molar-refractivity contribution in [1.29, 1.82) is 0 Å². The molecule has 0 fully saturated rings. The van der Waals surface area contributed by atoms with Crippen LogP contribution in [0.3, 0.4) is 0 Å². The average Bonchev–Trinajstić information content (AvgIpc) is 3.59. The normalized spacial score (nSPS) is 14.3. The van der Waals surface area contributed by atoms with Crippen molar-refractivity contribution in [3.05, 3.63) is 101 Å². The van der Waals surface area contributed by atoms with Gasteiger partial charge in [0.15, 0.2) is 11.0 Å². The summed E-state index contributed by atoms with van der Waals surface area (Å²) in [7, 11) is 0. The Bertz CT molecular complexity index is 1550. The van der Waals surface area contributed by atoms with Crippen LogP contribution in [0, 0.1) is 6.92 Å². The van der Waals surface area contributed by atoms with Gasteiger partial charge in [-0.3, -0.25) is 0 Å². The zero-order valence-electron chi connectivity index (χ0n) is 19.4. The van der Waals surface area contributed by atoms with Gasteiger partial charge < -0.3 is 9.47 Å². The van der Waals surface area contributed by atoms with Crippen LogP contribution in [-0.4, -0.2) is 17.8 Å². The van der Waals surface area contributed by atoms with Gasteiger partial charge in [0.1, 0.15) is 24.6 Å². The molecule has 0 amide bonds. The van der Waals surface area contributed by atoms with Crippen molar-refractivity contribution in [3.63, 3.8) is 0 Å². The second-order valence-electron chi connectivity index (χ2n) is 9.41. The molecule has 4 heteroatoms. The zero-order valence-corrected chi connectivity index (χ0v) is 19.4. The summed E-state index contributed by atoms with van der Waals surface area (Å²) < 4.78 is 17.0. The van der Waals surface area contributed by atoms with E-state index >= 15 is 0 Å². The van der Waals surface area contributed by atoms with Gasteiger partial charge in [-0.2, -0.15) is 0 Å². The smallest absolute Gasteiger partial charge is 0.254 e. The third kappa shape index (κ3) is 3.02. The summed E-state index contributed by atoms with van der Waals surface area (Å²) in [6.07, 6.45) is 1.92. The lowest BCUT2D eigenvalue weighted by atomic mass is 9.99. The molecule has 7 rings (SSSR count). The fourth-order valence-electron chi connectivity index (χ4n) is 5.74. The van der Waals surface area contributed by atoms with Crippen molar-refractivity contribution >= 4 is 21.8 Å². The number of ether oxygens (including phenoxy) is 2. The molecule has 2 aliphatic rings. The molecule has 0 bridgehead atoms. The molecule has 3 heterocycles. The lowest BCUT2D eigenvalue weighted by Crippen LogP contribution is -2.37. The lowest BCUT2D eigenvalue weighted by Gasteiger charge is -2.12. The van der Waals surface area contributed by atoms with Crippen molar-refractivity contribution < 1.29 is 14.0 Å². The van der Waals surface area contributed by atoms with Crippen LogP contribution in [0.5, 0.6) is 11.5 Å². The number of aromatic nitrogens is 2. The quantitative estimate of drug-likeness (QED) is 0.347. The van der Waals surface area contributed by atoms with E-state index in [1.54, 1.807) is 0 Å². The molecule has 4 nitrogen and oxygen atoms in total. The fraction of sp³-hybridized carbons (Fsp3) is 0.233. The van der Waals surface area contributed by atoms with Gasteiger partial charge in [-0.05, 0) is 40.6 Å². The van der Waals surface area contributed by atoms with Gasteiger partial charge >= 0.3 is 0 Å². The number of nitrogens with zero attached hydrogens (tertiary/aromatic N) is 2. The van der Waals surface area contributed by atoms with Gasteiger partial charge in [-0.15, -0.1) is 0 Å². The molecule has 168 valence electrons. The Morgan fingerprint density at radius 3 is 2.62 bits per heavy atom. The molecule has 0 atom stereocenters. The Labute approximate surface area is 199 Å². The number of imidazole rings is 1. The van der Waals surface area contributed by atoms with Crippen molar-refractivity contribution in [2.45, 2.75) is 32.9 Å². The monoisotopic (exact) mass is 447 g/mol. The Morgan fingerprint density at radius 2 is 1.68 bits per heavy atom. The number of rotatable bonds is 4. The van der Waals surface area contributed by atoms with Crippen molar-refractivity contribution in [2.75, 3.05) is 13.2 Å². The fourth-order valence-corrected chi connectivity index (χ4v) is 5.74. The summed E-state index contributed by atoms with van der Waals surface area (Å²) >= 11 is 0. The van der Waals surface area contributed by atoms with E-state index in [1.165, 1.54) is 49.9 Å². The summed E-state index contributed by atoms with van der Waals surface area (Å²) in [6.45, 7) is 5.40. The zero-order chi connectivity index (χ0) is 22.6. The SMILES string of the molecule is Cc1n(Cc2c3c(cc4c2OCC4)OCC3)c2ccccc2[n+]1Cc1ccc2ccccc2c1. The highest BCUT2D eigenvalue weighted by molar-refractivity contribution is 5.83. The van der Waals surface area contributed by atoms with Gasteiger partial charge in [-0.25, -0.2) is 9.13 Å². The summed E-state index contributed by atoms with van der Waals surface area (Å²) in [5.41, 5.74) is 7.73. The first-order chi connectivity index (χ1) is 16.8. The maximum absolute atomic E-state index is 6.15. The minimum absolute atomic E-state index is 0.762. The van der Waals surface area contributed by atoms with Crippen LogP contribution in [-0.2, 0) is 25.9 Å². The third-order valence-electron chi connectivity index (χ3n) is 7.48. The van der Waals surface area contributed by atoms with E-state index in [0.29, 0.717) is 0 Å². The van der Waals surface area contributed by atoms with Crippen LogP contribution in [0.4, 0.5) is 0 Å². The Hall–Kier alpha value is -3.79. The van der Waals surface area contributed by atoms with Gasteiger partial charge in [0.25, 0.3) is 5.82 Å². The number of fused-ring (bicyclic) bond motifs is 4. The summed E-state index contributed by atoms with van der Waals surface area (Å²) in [6, 6.07) is 26.3. The van der Waals surface area contributed by atoms with Gasteiger partial charge in [-0.1, -0.05) is 48.5 Å². The van der Waals surface area contributed by atoms with Crippen LogP contribution in [0.2, 0.25) is 0 Å². The second-order valence-corrected chi connectivity index (χ2v) is 9.41. The van der Waals surface area contributed by atoms with E-state index in [9.17, 15) is 0 Å². The van der Waals surface area contributed by atoms with Crippen LogP contribution in [0.25, 0.3) is 21.8 Å². The predicted molar refractivity (Wildman–Crippen MR) is 134 cm³/mol. The summed E-state index contributed by atoms with van der Waals surface area (Å²) in [5.74, 6) is 3.39. The molecule has 0 N–H and O–H groups in total. The molecule has 0 aliphatic carbocycles. The maximum atomic E-state index is 6.15. The average molecular weight is 448 g/mol. The highest BCUT2D eigenvalue weighted by Gasteiger charge is 2.30. The van der Waals surface area contributed by atoms with Crippen LogP contribution in [0.1, 0.15) is 28.1 Å². The Morgan fingerprint density at radius 1 is 0.853 bits per heavy atom. The number of hydrogen-bond donors (Lipinski definition) is 0.